The molecule has 0 atom stereocenters. The largest absolute Gasteiger partial charge is 0.494 e. The number of anilines is 2. The average molecular weight is 467 g/mol. The Balaban J connectivity index is 1.74. The highest BCUT2D eigenvalue weighted by molar-refractivity contribution is 7.22. The van der Waals surface area contributed by atoms with Crippen LogP contribution in [0.5, 0.6) is 5.75 Å². The van der Waals surface area contributed by atoms with Gasteiger partial charge in [-0.25, -0.2) is 4.98 Å². The lowest BCUT2D eigenvalue weighted by atomic mass is 10.1. The third-order valence-corrected chi connectivity index (χ3v) is 6.78. The molecule has 0 N–H and O–H groups in total. The first kappa shape index (κ1) is 22.9. The van der Waals surface area contributed by atoms with Gasteiger partial charge in [-0.15, -0.1) is 0 Å². The van der Waals surface area contributed by atoms with Crippen molar-refractivity contribution in [1.82, 2.24) is 9.88 Å². The number of carbonyl (C=O) groups is 3. The monoisotopic (exact) mass is 466 g/mol. The van der Waals surface area contributed by atoms with Gasteiger partial charge in [-0.05, 0) is 50.8 Å². The molecule has 0 aliphatic carbocycles. The first-order chi connectivity index (χ1) is 15.8. The summed E-state index contributed by atoms with van der Waals surface area (Å²) >= 11 is 1.44. The zero-order valence-electron chi connectivity index (χ0n) is 19.1. The molecule has 1 aliphatic rings. The Morgan fingerprint density at radius 3 is 2.52 bits per heavy atom. The number of hydrogen-bond donors (Lipinski definition) is 0. The van der Waals surface area contributed by atoms with Gasteiger partial charge >= 0.3 is 0 Å². The SMILES string of the molecule is COc1ccc(C)c2sc(N(CCN(C)C)C(=O)c3cccc(N4C(=O)CCC4=O)c3)nc12. The molecule has 2 aromatic carbocycles. The topological polar surface area (TPSA) is 83.0 Å². The van der Waals surface area contributed by atoms with E-state index in [1.165, 1.54) is 11.3 Å². The Bertz CT molecular complexity index is 1220. The number of thiazole rings is 1. The van der Waals surface area contributed by atoms with E-state index in [9.17, 15) is 14.4 Å². The summed E-state index contributed by atoms with van der Waals surface area (Å²) in [5, 5.41) is 0.572. The molecule has 9 heteroatoms. The smallest absolute Gasteiger partial charge is 0.260 e. The van der Waals surface area contributed by atoms with Gasteiger partial charge in [0.25, 0.3) is 5.91 Å². The zero-order chi connectivity index (χ0) is 23.7. The summed E-state index contributed by atoms with van der Waals surface area (Å²) in [4.78, 5) is 47.6. The summed E-state index contributed by atoms with van der Waals surface area (Å²) in [5.41, 5.74) is 2.59. The lowest BCUT2D eigenvalue weighted by molar-refractivity contribution is -0.121. The van der Waals surface area contributed by atoms with Crippen LogP contribution in [-0.2, 0) is 9.59 Å². The van der Waals surface area contributed by atoms with Crippen molar-refractivity contribution in [3.05, 3.63) is 47.5 Å². The standard InChI is InChI=1S/C24H26N4O4S/c1-15-8-9-18(32-4)21-22(15)33-24(25-21)27(13-12-26(2)3)23(31)16-6-5-7-17(14-16)28-19(29)10-11-20(28)30/h5-9,14H,10-13H2,1-4H3. The van der Waals surface area contributed by atoms with Gasteiger partial charge in [0, 0.05) is 31.5 Å². The molecule has 0 bridgehead atoms. The number of aromatic nitrogens is 1. The van der Waals surface area contributed by atoms with E-state index in [4.69, 9.17) is 9.72 Å². The number of hydrogen-bond acceptors (Lipinski definition) is 7. The van der Waals surface area contributed by atoms with Crippen LogP contribution in [0.15, 0.2) is 36.4 Å². The second kappa shape index (κ2) is 9.29. The van der Waals surface area contributed by atoms with Crippen molar-refractivity contribution in [1.29, 1.82) is 0 Å². The number of amides is 3. The summed E-state index contributed by atoms with van der Waals surface area (Å²) < 4.78 is 6.44. The van der Waals surface area contributed by atoms with Crippen LogP contribution in [0.25, 0.3) is 10.2 Å². The van der Waals surface area contributed by atoms with Gasteiger partial charge in [0.1, 0.15) is 11.3 Å². The first-order valence-electron chi connectivity index (χ1n) is 10.7. The number of benzene rings is 2. The van der Waals surface area contributed by atoms with Crippen LogP contribution in [0, 0.1) is 6.92 Å². The number of likely N-dealkylation sites (N-methyl/N-ethyl adjacent to an activating group) is 1. The average Bonchev–Trinajstić information content (AvgIpc) is 3.38. The van der Waals surface area contributed by atoms with Gasteiger partial charge in [0.05, 0.1) is 17.5 Å². The molecule has 0 saturated carbocycles. The van der Waals surface area contributed by atoms with Crippen molar-refractivity contribution in [3.8, 4) is 5.75 Å². The van der Waals surface area contributed by atoms with Crippen LogP contribution in [-0.4, -0.2) is 61.9 Å². The number of carbonyl (C=O) groups excluding carboxylic acids is 3. The minimum absolute atomic E-state index is 0.193. The highest BCUT2D eigenvalue weighted by atomic mass is 32.1. The second-order valence-corrected chi connectivity index (χ2v) is 9.17. The molecule has 4 rings (SSSR count). The Kier molecular flexibility index (Phi) is 6.44. The van der Waals surface area contributed by atoms with E-state index < -0.39 is 0 Å². The van der Waals surface area contributed by atoms with Crippen molar-refractivity contribution < 1.29 is 19.1 Å². The molecule has 1 fully saturated rings. The molecule has 1 aliphatic heterocycles. The minimum atomic E-state index is -0.247. The predicted octanol–water partition coefficient (Wildman–Crippen LogP) is 3.48. The second-order valence-electron chi connectivity index (χ2n) is 8.19. The van der Waals surface area contributed by atoms with E-state index in [1.807, 2.05) is 38.1 Å². The molecular weight excluding hydrogens is 440 g/mol. The van der Waals surface area contributed by atoms with Gasteiger partial charge in [-0.1, -0.05) is 23.5 Å². The number of methoxy groups -OCH3 is 1. The Hall–Kier alpha value is -3.30. The number of rotatable bonds is 7. The number of fused-ring (bicyclic) bond motifs is 1. The van der Waals surface area contributed by atoms with Crippen molar-refractivity contribution in [3.63, 3.8) is 0 Å². The van der Waals surface area contributed by atoms with Crippen molar-refractivity contribution in [2.24, 2.45) is 0 Å². The Morgan fingerprint density at radius 2 is 1.85 bits per heavy atom. The van der Waals surface area contributed by atoms with Gasteiger partial charge < -0.3 is 9.64 Å². The fourth-order valence-corrected chi connectivity index (χ4v) is 4.84. The van der Waals surface area contributed by atoms with Gasteiger partial charge in [-0.3, -0.25) is 24.2 Å². The van der Waals surface area contributed by atoms with E-state index in [0.29, 0.717) is 35.2 Å². The van der Waals surface area contributed by atoms with Crippen LogP contribution >= 0.6 is 11.3 Å². The lowest BCUT2D eigenvalue weighted by Crippen LogP contribution is -2.37. The van der Waals surface area contributed by atoms with Crippen LogP contribution < -0.4 is 14.5 Å². The number of nitrogens with zero attached hydrogens (tertiary/aromatic N) is 4. The van der Waals surface area contributed by atoms with Crippen molar-refractivity contribution >= 4 is 50.1 Å². The quantitative estimate of drug-likeness (QED) is 0.496. The third kappa shape index (κ3) is 4.46. The number of ether oxygens (including phenoxy) is 1. The van der Waals surface area contributed by atoms with Crippen LogP contribution in [0.4, 0.5) is 10.8 Å². The molecule has 3 aromatic rings. The van der Waals surface area contributed by atoms with E-state index in [-0.39, 0.29) is 30.6 Å². The lowest BCUT2D eigenvalue weighted by Gasteiger charge is -2.23. The van der Waals surface area contributed by atoms with Gasteiger partial charge in [-0.2, -0.15) is 0 Å². The molecule has 172 valence electrons. The van der Waals surface area contributed by atoms with Crippen LogP contribution in [0.2, 0.25) is 0 Å². The molecule has 0 radical (unpaired) electrons. The van der Waals surface area contributed by atoms with Gasteiger partial charge in [0.2, 0.25) is 11.8 Å². The van der Waals surface area contributed by atoms with E-state index >= 15 is 0 Å². The molecule has 1 aromatic heterocycles. The molecule has 3 amide bonds. The van der Waals surface area contributed by atoms with E-state index in [1.54, 1.807) is 36.3 Å². The van der Waals surface area contributed by atoms with E-state index in [2.05, 4.69) is 0 Å². The molecule has 0 unspecified atom stereocenters. The van der Waals surface area contributed by atoms with Crippen molar-refractivity contribution in [2.45, 2.75) is 19.8 Å². The molecule has 1 saturated heterocycles. The molecule has 0 spiro atoms. The zero-order valence-corrected chi connectivity index (χ0v) is 19.9. The summed E-state index contributed by atoms with van der Waals surface area (Å²) in [6.07, 6.45) is 0.387. The fraction of sp³-hybridized carbons (Fsp3) is 0.333. The van der Waals surface area contributed by atoms with Gasteiger partial charge in [0.15, 0.2) is 5.13 Å². The molecule has 33 heavy (non-hydrogen) atoms. The maximum Gasteiger partial charge on any atom is 0.260 e. The normalized spacial score (nSPS) is 13.9. The highest BCUT2D eigenvalue weighted by Crippen LogP contribution is 2.37. The maximum absolute atomic E-state index is 13.7. The molecule has 8 nitrogen and oxygen atoms in total. The van der Waals surface area contributed by atoms with Crippen LogP contribution in [0.1, 0.15) is 28.8 Å². The summed E-state index contributed by atoms with van der Waals surface area (Å²) in [7, 11) is 5.49. The number of aryl methyl sites for hydroxylation is 1. The fourth-order valence-electron chi connectivity index (χ4n) is 3.76. The highest BCUT2D eigenvalue weighted by Gasteiger charge is 2.31. The Morgan fingerprint density at radius 1 is 1.12 bits per heavy atom. The summed E-state index contributed by atoms with van der Waals surface area (Å²) in [6, 6.07) is 10.5. The Labute approximate surface area is 196 Å². The van der Waals surface area contributed by atoms with Crippen LogP contribution in [0.3, 0.4) is 0 Å². The third-order valence-electron chi connectivity index (χ3n) is 5.56. The van der Waals surface area contributed by atoms with Crippen molar-refractivity contribution in [2.75, 3.05) is 44.1 Å². The molecular formula is C24H26N4O4S. The number of imide groups is 1. The maximum atomic E-state index is 13.7. The molecule has 2 heterocycles. The minimum Gasteiger partial charge on any atom is -0.494 e. The van der Waals surface area contributed by atoms with E-state index in [0.717, 1.165) is 20.7 Å². The first-order valence-corrected chi connectivity index (χ1v) is 11.5. The summed E-state index contributed by atoms with van der Waals surface area (Å²) in [5.74, 6) is -0.0785. The summed E-state index contributed by atoms with van der Waals surface area (Å²) in [6.45, 7) is 3.07. The predicted molar refractivity (Wildman–Crippen MR) is 129 cm³/mol.